The number of carbonyl (C=O) groups is 1. The predicted octanol–water partition coefficient (Wildman–Crippen LogP) is 4.62. The highest BCUT2D eigenvalue weighted by Gasteiger charge is 2.30. The first kappa shape index (κ1) is 16.5. The Hall–Kier alpha value is -2.40. The number of carbonyl (C=O) groups excluding carboxylic acids is 1. The molecule has 0 bridgehead atoms. The van der Waals surface area contributed by atoms with Crippen LogP contribution in [-0.2, 0) is 11.2 Å². The van der Waals surface area contributed by atoms with Gasteiger partial charge >= 0.3 is 0 Å². The van der Waals surface area contributed by atoms with Crippen LogP contribution in [0.3, 0.4) is 0 Å². The van der Waals surface area contributed by atoms with Gasteiger partial charge in [-0.15, -0.1) is 0 Å². The molecular formula is C19H17FN2OS. The second-order valence-electron chi connectivity index (χ2n) is 5.44. The minimum atomic E-state index is -0.294. The van der Waals surface area contributed by atoms with Gasteiger partial charge < -0.3 is 0 Å². The summed E-state index contributed by atoms with van der Waals surface area (Å²) in [7, 11) is 1.71. The molecule has 0 N–H and O–H groups in total. The van der Waals surface area contributed by atoms with E-state index in [1.807, 2.05) is 24.3 Å². The Morgan fingerprint density at radius 3 is 2.42 bits per heavy atom. The monoisotopic (exact) mass is 340 g/mol. The number of benzene rings is 2. The molecule has 122 valence electrons. The lowest BCUT2D eigenvalue weighted by atomic mass is 10.2. The molecule has 3 rings (SSSR count). The van der Waals surface area contributed by atoms with Crippen molar-refractivity contribution in [3.8, 4) is 0 Å². The summed E-state index contributed by atoms with van der Waals surface area (Å²) in [5.74, 6) is -0.397. The van der Waals surface area contributed by atoms with Crippen molar-refractivity contribution in [2.24, 2.45) is 4.99 Å². The maximum atomic E-state index is 13.0. The third kappa shape index (κ3) is 3.57. The van der Waals surface area contributed by atoms with E-state index in [4.69, 9.17) is 0 Å². The number of amides is 1. The van der Waals surface area contributed by atoms with E-state index in [9.17, 15) is 9.18 Å². The van der Waals surface area contributed by atoms with Crippen LogP contribution in [0.5, 0.6) is 0 Å². The number of aliphatic imine (C=N–C) groups is 1. The number of hydrogen-bond donors (Lipinski definition) is 0. The van der Waals surface area contributed by atoms with Crippen LogP contribution in [0, 0.1) is 5.82 Å². The van der Waals surface area contributed by atoms with Crippen LogP contribution in [0.25, 0.3) is 6.08 Å². The smallest absolute Gasteiger partial charge is 0.266 e. The molecule has 1 heterocycles. The molecule has 0 saturated carbocycles. The van der Waals surface area contributed by atoms with Crippen LogP contribution in [0.1, 0.15) is 18.1 Å². The maximum absolute atomic E-state index is 13.0. The van der Waals surface area contributed by atoms with Crippen molar-refractivity contribution in [2.45, 2.75) is 13.3 Å². The highest BCUT2D eigenvalue weighted by atomic mass is 32.2. The molecule has 3 nitrogen and oxygen atoms in total. The zero-order chi connectivity index (χ0) is 17.1. The van der Waals surface area contributed by atoms with Crippen LogP contribution < -0.4 is 0 Å². The first-order chi connectivity index (χ1) is 11.6. The fourth-order valence-electron chi connectivity index (χ4n) is 2.28. The molecule has 1 aliphatic rings. The second-order valence-corrected chi connectivity index (χ2v) is 6.45. The lowest BCUT2D eigenvalue weighted by Gasteiger charge is -2.07. The van der Waals surface area contributed by atoms with E-state index in [-0.39, 0.29) is 11.7 Å². The minimum absolute atomic E-state index is 0.103. The van der Waals surface area contributed by atoms with Crippen molar-refractivity contribution in [2.75, 3.05) is 7.05 Å². The molecule has 24 heavy (non-hydrogen) atoms. The van der Waals surface area contributed by atoms with Crippen molar-refractivity contribution in [3.05, 3.63) is 70.4 Å². The molecule has 1 fully saturated rings. The number of thioether (sulfide) groups is 1. The van der Waals surface area contributed by atoms with E-state index >= 15 is 0 Å². The number of likely N-dealkylation sites (N-methyl/N-ethyl adjacent to an activating group) is 1. The van der Waals surface area contributed by atoms with Gasteiger partial charge in [0.1, 0.15) is 5.82 Å². The summed E-state index contributed by atoms with van der Waals surface area (Å²) in [4.78, 5) is 19.0. The molecular weight excluding hydrogens is 323 g/mol. The van der Waals surface area contributed by atoms with Crippen LogP contribution in [0.4, 0.5) is 10.1 Å². The maximum Gasteiger partial charge on any atom is 0.266 e. The molecule has 0 unspecified atom stereocenters. The highest BCUT2D eigenvalue weighted by molar-refractivity contribution is 8.18. The lowest BCUT2D eigenvalue weighted by Crippen LogP contribution is -2.23. The average molecular weight is 340 g/mol. The van der Waals surface area contributed by atoms with Crippen LogP contribution in [-0.4, -0.2) is 23.0 Å². The van der Waals surface area contributed by atoms with Gasteiger partial charge in [-0.1, -0.05) is 31.2 Å². The van der Waals surface area contributed by atoms with E-state index in [0.29, 0.717) is 10.1 Å². The number of amidine groups is 1. The van der Waals surface area contributed by atoms with Gasteiger partial charge in [0.25, 0.3) is 5.91 Å². The van der Waals surface area contributed by atoms with Gasteiger partial charge in [-0.05, 0) is 59.7 Å². The molecule has 1 aliphatic heterocycles. The topological polar surface area (TPSA) is 32.7 Å². The zero-order valence-electron chi connectivity index (χ0n) is 13.5. The number of halogens is 1. The van der Waals surface area contributed by atoms with Gasteiger partial charge in [0.15, 0.2) is 5.17 Å². The SMILES string of the molecule is CCc1ccc(N=C2S/C(=C\c3ccc(F)cc3)C(=O)N2C)cc1. The molecule has 2 aromatic carbocycles. The number of hydrogen-bond acceptors (Lipinski definition) is 3. The normalized spacial score (nSPS) is 18.0. The van der Waals surface area contributed by atoms with Crippen molar-refractivity contribution in [1.29, 1.82) is 0 Å². The first-order valence-corrected chi connectivity index (χ1v) is 8.49. The molecule has 0 aliphatic carbocycles. The molecule has 0 radical (unpaired) electrons. The van der Waals surface area contributed by atoms with Crippen molar-refractivity contribution in [1.82, 2.24) is 4.90 Å². The summed E-state index contributed by atoms with van der Waals surface area (Å²) < 4.78 is 13.0. The Morgan fingerprint density at radius 2 is 1.79 bits per heavy atom. The quantitative estimate of drug-likeness (QED) is 0.764. The molecule has 0 atom stereocenters. The summed E-state index contributed by atoms with van der Waals surface area (Å²) in [5.41, 5.74) is 2.85. The van der Waals surface area contributed by atoms with E-state index in [0.717, 1.165) is 17.7 Å². The number of rotatable bonds is 3. The Kier molecular flexibility index (Phi) is 4.81. The zero-order valence-corrected chi connectivity index (χ0v) is 14.3. The average Bonchev–Trinajstić information content (AvgIpc) is 2.86. The van der Waals surface area contributed by atoms with E-state index in [1.165, 1.54) is 34.4 Å². The van der Waals surface area contributed by atoms with Gasteiger partial charge in [0.2, 0.25) is 0 Å². The molecule has 0 spiro atoms. The van der Waals surface area contributed by atoms with Crippen LogP contribution in [0.2, 0.25) is 0 Å². The Balaban J connectivity index is 1.85. The van der Waals surface area contributed by atoms with Gasteiger partial charge in [-0.25, -0.2) is 9.38 Å². The van der Waals surface area contributed by atoms with E-state index < -0.39 is 0 Å². The molecule has 0 aromatic heterocycles. The second kappa shape index (κ2) is 7.01. The van der Waals surface area contributed by atoms with Crippen LogP contribution in [0.15, 0.2) is 58.4 Å². The fourth-order valence-corrected chi connectivity index (χ4v) is 3.27. The van der Waals surface area contributed by atoms with Gasteiger partial charge in [-0.2, -0.15) is 0 Å². The van der Waals surface area contributed by atoms with Gasteiger partial charge in [0.05, 0.1) is 10.6 Å². The Labute approximate surface area is 144 Å². The van der Waals surface area contributed by atoms with Gasteiger partial charge in [-0.3, -0.25) is 9.69 Å². The number of nitrogens with zero attached hydrogens (tertiary/aromatic N) is 2. The standard InChI is InChI=1S/C19H17FN2OS/c1-3-13-6-10-16(11-7-13)21-19-22(2)18(23)17(24-19)12-14-4-8-15(20)9-5-14/h4-12H,3H2,1-2H3/b17-12-,21-19?. The summed E-state index contributed by atoms with van der Waals surface area (Å²) >= 11 is 1.32. The van der Waals surface area contributed by atoms with E-state index in [2.05, 4.69) is 11.9 Å². The van der Waals surface area contributed by atoms with Crippen LogP contribution >= 0.6 is 11.8 Å². The molecule has 1 amide bonds. The van der Waals surface area contributed by atoms with E-state index in [1.54, 1.807) is 25.3 Å². The minimum Gasteiger partial charge on any atom is -0.290 e. The fraction of sp³-hybridized carbons (Fsp3) is 0.158. The molecule has 5 heteroatoms. The largest absolute Gasteiger partial charge is 0.290 e. The summed E-state index contributed by atoms with van der Waals surface area (Å²) in [6.07, 6.45) is 2.74. The van der Waals surface area contributed by atoms with Crippen molar-refractivity contribution >= 4 is 34.6 Å². The number of aryl methyl sites for hydroxylation is 1. The third-order valence-electron chi connectivity index (χ3n) is 3.74. The summed E-state index contributed by atoms with van der Waals surface area (Å²) in [5, 5.41) is 0.637. The van der Waals surface area contributed by atoms with Crippen molar-refractivity contribution < 1.29 is 9.18 Å². The highest BCUT2D eigenvalue weighted by Crippen LogP contribution is 2.33. The Morgan fingerprint density at radius 1 is 1.12 bits per heavy atom. The third-order valence-corrected chi connectivity index (χ3v) is 4.80. The molecule has 1 saturated heterocycles. The first-order valence-electron chi connectivity index (χ1n) is 7.67. The lowest BCUT2D eigenvalue weighted by molar-refractivity contribution is -0.121. The van der Waals surface area contributed by atoms with Gasteiger partial charge in [0, 0.05) is 7.05 Å². The summed E-state index contributed by atoms with van der Waals surface area (Å²) in [6, 6.07) is 14.0. The predicted molar refractivity (Wildman–Crippen MR) is 97.7 cm³/mol. The Bertz CT molecular complexity index is 810. The molecule has 2 aromatic rings. The summed E-state index contributed by atoms with van der Waals surface area (Å²) in [6.45, 7) is 2.10. The van der Waals surface area contributed by atoms with Crippen molar-refractivity contribution in [3.63, 3.8) is 0 Å².